The van der Waals surface area contributed by atoms with Gasteiger partial charge in [-0.25, -0.2) is 0 Å². The molecule has 2 aliphatic rings. The second-order valence-electron chi connectivity index (χ2n) is 6.36. The normalized spacial score (nSPS) is 29.4. The van der Waals surface area contributed by atoms with E-state index in [1.54, 1.807) is 0 Å². The highest BCUT2D eigenvalue weighted by Gasteiger charge is 2.41. The Morgan fingerprint density at radius 2 is 2.00 bits per heavy atom. The number of piperazine rings is 1. The van der Waals surface area contributed by atoms with Gasteiger partial charge in [0.15, 0.2) is 0 Å². The van der Waals surface area contributed by atoms with Gasteiger partial charge in [-0.15, -0.1) is 0 Å². The Bertz CT molecular complexity index is 328. The summed E-state index contributed by atoms with van der Waals surface area (Å²) in [6, 6.07) is 1.14. The fraction of sp³-hybridized carbons (Fsp3) is 0.933. The standard InChI is InChI=1S/C15H28N2O2/c1-4-15(5-2,14(18)19)11-17-10-13-7-6-8-16(13)9-12(17)3/h12-13H,4-11H2,1-3H3,(H,18,19). The largest absolute Gasteiger partial charge is 0.481 e. The van der Waals surface area contributed by atoms with E-state index in [4.69, 9.17) is 0 Å². The average molecular weight is 268 g/mol. The second-order valence-corrected chi connectivity index (χ2v) is 6.36. The van der Waals surface area contributed by atoms with Gasteiger partial charge in [0.05, 0.1) is 5.41 Å². The molecule has 2 saturated heterocycles. The van der Waals surface area contributed by atoms with Gasteiger partial charge in [-0.05, 0) is 39.2 Å². The van der Waals surface area contributed by atoms with Crippen LogP contribution in [0.15, 0.2) is 0 Å². The van der Waals surface area contributed by atoms with Crippen LogP contribution >= 0.6 is 0 Å². The summed E-state index contributed by atoms with van der Waals surface area (Å²) in [5.74, 6) is -0.626. The minimum absolute atomic E-state index is 0.478. The van der Waals surface area contributed by atoms with Crippen molar-refractivity contribution in [3.8, 4) is 0 Å². The van der Waals surface area contributed by atoms with Crippen LogP contribution in [0.5, 0.6) is 0 Å². The minimum atomic E-state index is -0.626. The quantitative estimate of drug-likeness (QED) is 0.829. The molecule has 0 aromatic carbocycles. The first-order chi connectivity index (χ1) is 9.02. The van der Waals surface area contributed by atoms with Crippen molar-refractivity contribution in [2.24, 2.45) is 5.41 Å². The van der Waals surface area contributed by atoms with E-state index in [1.165, 1.54) is 19.4 Å². The van der Waals surface area contributed by atoms with E-state index in [0.717, 1.165) is 25.9 Å². The van der Waals surface area contributed by atoms with E-state index in [1.807, 2.05) is 13.8 Å². The zero-order valence-electron chi connectivity index (χ0n) is 12.6. The lowest BCUT2D eigenvalue weighted by atomic mass is 9.81. The summed E-state index contributed by atoms with van der Waals surface area (Å²) in [6.45, 7) is 10.4. The van der Waals surface area contributed by atoms with Gasteiger partial charge in [0.25, 0.3) is 0 Å². The summed E-state index contributed by atoms with van der Waals surface area (Å²) in [5, 5.41) is 9.59. The molecule has 2 fully saturated rings. The Labute approximate surface area is 116 Å². The van der Waals surface area contributed by atoms with E-state index in [-0.39, 0.29) is 0 Å². The maximum Gasteiger partial charge on any atom is 0.310 e. The maximum absolute atomic E-state index is 11.7. The zero-order chi connectivity index (χ0) is 14.0. The van der Waals surface area contributed by atoms with Crippen LogP contribution < -0.4 is 0 Å². The number of hydrogen-bond donors (Lipinski definition) is 1. The fourth-order valence-corrected chi connectivity index (χ4v) is 3.70. The molecule has 110 valence electrons. The van der Waals surface area contributed by atoms with Crippen LogP contribution in [-0.4, -0.2) is 59.1 Å². The molecule has 4 nitrogen and oxygen atoms in total. The van der Waals surface area contributed by atoms with Gasteiger partial charge in [-0.3, -0.25) is 14.6 Å². The molecule has 2 rings (SSSR count). The van der Waals surface area contributed by atoms with Crippen molar-refractivity contribution in [3.63, 3.8) is 0 Å². The molecule has 4 heteroatoms. The van der Waals surface area contributed by atoms with Crippen LogP contribution in [0.2, 0.25) is 0 Å². The van der Waals surface area contributed by atoms with Gasteiger partial charge in [0.2, 0.25) is 0 Å². The molecule has 0 radical (unpaired) electrons. The van der Waals surface area contributed by atoms with Crippen molar-refractivity contribution < 1.29 is 9.90 Å². The Balaban J connectivity index is 2.06. The molecule has 2 atom stereocenters. The number of fused-ring (bicyclic) bond motifs is 1. The van der Waals surface area contributed by atoms with E-state index < -0.39 is 11.4 Å². The minimum Gasteiger partial charge on any atom is -0.481 e. The lowest BCUT2D eigenvalue weighted by Gasteiger charge is -2.45. The summed E-state index contributed by atoms with van der Waals surface area (Å²) in [6.07, 6.45) is 4.02. The first-order valence-electron chi connectivity index (χ1n) is 7.74. The number of hydrogen-bond acceptors (Lipinski definition) is 3. The Hall–Kier alpha value is -0.610. The monoisotopic (exact) mass is 268 g/mol. The molecule has 2 heterocycles. The number of rotatable bonds is 5. The second kappa shape index (κ2) is 5.80. The van der Waals surface area contributed by atoms with Crippen LogP contribution in [0.25, 0.3) is 0 Å². The van der Waals surface area contributed by atoms with Gasteiger partial charge in [0.1, 0.15) is 0 Å². The summed E-state index contributed by atoms with van der Waals surface area (Å²) < 4.78 is 0. The molecule has 1 N–H and O–H groups in total. The third-order valence-electron chi connectivity index (χ3n) is 5.38. The van der Waals surface area contributed by atoms with Crippen LogP contribution in [0.3, 0.4) is 0 Å². The first-order valence-corrected chi connectivity index (χ1v) is 7.74. The smallest absolute Gasteiger partial charge is 0.310 e. The van der Waals surface area contributed by atoms with Gasteiger partial charge in [-0.1, -0.05) is 13.8 Å². The SMILES string of the molecule is CCC(CC)(CN1CC2CCCN2CC1C)C(=O)O. The molecule has 0 spiro atoms. The summed E-state index contributed by atoms with van der Waals surface area (Å²) in [4.78, 5) is 16.7. The lowest BCUT2D eigenvalue weighted by molar-refractivity contribution is -0.151. The number of carboxylic acids is 1. The molecule has 0 aromatic rings. The highest BCUT2D eigenvalue weighted by atomic mass is 16.4. The van der Waals surface area contributed by atoms with Crippen LogP contribution in [0, 0.1) is 5.41 Å². The molecule has 19 heavy (non-hydrogen) atoms. The molecule has 0 amide bonds. The van der Waals surface area contributed by atoms with Crippen molar-refractivity contribution in [2.45, 2.75) is 58.5 Å². The molecule has 2 aliphatic heterocycles. The number of aliphatic carboxylic acids is 1. The van der Waals surface area contributed by atoms with Gasteiger partial charge < -0.3 is 5.11 Å². The summed E-state index contributed by atoms with van der Waals surface area (Å²) in [7, 11) is 0. The van der Waals surface area contributed by atoms with Crippen molar-refractivity contribution in [2.75, 3.05) is 26.2 Å². The van der Waals surface area contributed by atoms with E-state index in [2.05, 4.69) is 16.7 Å². The molecule has 0 aromatic heterocycles. The third kappa shape index (κ3) is 2.79. The highest BCUT2D eigenvalue weighted by Crippen LogP contribution is 2.32. The van der Waals surface area contributed by atoms with Crippen LogP contribution in [0.1, 0.15) is 46.5 Å². The molecule has 0 bridgehead atoms. The van der Waals surface area contributed by atoms with E-state index in [9.17, 15) is 9.90 Å². The fourth-order valence-electron chi connectivity index (χ4n) is 3.70. The Morgan fingerprint density at radius 1 is 1.32 bits per heavy atom. The van der Waals surface area contributed by atoms with Crippen molar-refractivity contribution >= 4 is 5.97 Å². The molecule has 0 aliphatic carbocycles. The van der Waals surface area contributed by atoms with E-state index >= 15 is 0 Å². The number of nitrogens with zero attached hydrogens (tertiary/aromatic N) is 2. The van der Waals surface area contributed by atoms with Crippen molar-refractivity contribution in [1.82, 2.24) is 9.80 Å². The third-order valence-corrected chi connectivity index (χ3v) is 5.38. The molecule has 2 unspecified atom stereocenters. The predicted octanol–water partition coefficient (Wildman–Crippen LogP) is 2.05. The van der Waals surface area contributed by atoms with Gasteiger partial charge >= 0.3 is 5.97 Å². The summed E-state index contributed by atoms with van der Waals surface area (Å²) in [5.41, 5.74) is -0.560. The van der Waals surface area contributed by atoms with Crippen LogP contribution in [0.4, 0.5) is 0 Å². The zero-order valence-corrected chi connectivity index (χ0v) is 12.6. The maximum atomic E-state index is 11.7. The topological polar surface area (TPSA) is 43.8 Å². The average Bonchev–Trinajstić information content (AvgIpc) is 2.82. The Kier molecular flexibility index (Phi) is 4.51. The molecule has 0 saturated carbocycles. The Morgan fingerprint density at radius 3 is 2.58 bits per heavy atom. The first kappa shape index (κ1) is 14.8. The van der Waals surface area contributed by atoms with Gasteiger partial charge in [0, 0.05) is 31.7 Å². The van der Waals surface area contributed by atoms with Crippen LogP contribution in [-0.2, 0) is 4.79 Å². The summed E-state index contributed by atoms with van der Waals surface area (Å²) >= 11 is 0. The lowest BCUT2D eigenvalue weighted by Crippen LogP contribution is -2.58. The molecular formula is C15H28N2O2. The predicted molar refractivity (Wildman–Crippen MR) is 76.3 cm³/mol. The van der Waals surface area contributed by atoms with Gasteiger partial charge in [-0.2, -0.15) is 0 Å². The van der Waals surface area contributed by atoms with Crippen molar-refractivity contribution in [1.29, 1.82) is 0 Å². The van der Waals surface area contributed by atoms with Crippen molar-refractivity contribution in [3.05, 3.63) is 0 Å². The number of carboxylic acid groups (broad SMARTS) is 1. The van der Waals surface area contributed by atoms with E-state index in [0.29, 0.717) is 18.6 Å². The molecular weight excluding hydrogens is 240 g/mol. The number of carbonyl (C=O) groups is 1. The highest BCUT2D eigenvalue weighted by molar-refractivity contribution is 5.74.